The fourth-order valence-electron chi connectivity index (χ4n) is 2.35. The van der Waals surface area contributed by atoms with Gasteiger partial charge in [-0.15, -0.1) is 0 Å². The first-order valence-corrected chi connectivity index (χ1v) is 5.55. The number of nitrogens with zero attached hydrogens (tertiary/aromatic N) is 1. The Bertz CT molecular complexity index is 364. The predicted octanol–water partition coefficient (Wildman–Crippen LogP) is 1.98. The van der Waals surface area contributed by atoms with Gasteiger partial charge in [-0.1, -0.05) is 30.3 Å². The third-order valence-electron chi connectivity index (χ3n) is 3.07. The van der Waals surface area contributed by atoms with Crippen molar-refractivity contribution in [1.29, 1.82) is 0 Å². The highest BCUT2D eigenvalue weighted by Crippen LogP contribution is 2.28. The zero-order valence-electron chi connectivity index (χ0n) is 9.32. The number of nitrogens with two attached hydrogens (primary N) is 1. The first-order valence-electron chi connectivity index (χ1n) is 5.55. The second kappa shape index (κ2) is 4.66. The molecule has 1 fully saturated rings. The second-order valence-corrected chi connectivity index (χ2v) is 4.49. The van der Waals surface area contributed by atoms with Gasteiger partial charge >= 0.3 is 6.18 Å². The third-order valence-corrected chi connectivity index (χ3v) is 3.07. The fraction of sp³-hybridized carbons (Fsp3) is 0.500. The van der Waals surface area contributed by atoms with Gasteiger partial charge in [0, 0.05) is 25.0 Å². The molecule has 2 nitrogen and oxygen atoms in total. The van der Waals surface area contributed by atoms with E-state index in [1.807, 2.05) is 30.3 Å². The summed E-state index contributed by atoms with van der Waals surface area (Å²) in [6, 6.07) is 9.27. The Kier molecular flexibility index (Phi) is 3.40. The third kappa shape index (κ3) is 3.20. The number of benzene rings is 1. The maximum atomic E-state index is 12.3. The molecule has 2 N–H and O–H groups in total. The molecular formula is C12H15F3N2. The average Bonchev–Trinajstić information content (AvgIpc) is 2.58. The van der Waals surface area contributed by atoms with Crippen molar-refractivity contribution in [3.63, 3.8) is 0 Å². The number of alkyl halides is 3. The highest BCUT2D eigenvalue weighted by molar-refractivity contribution is 5.23. The van der Waals surface area contributed by atoms with Gasteiger partial charge in [-0.05, 0) is 5.56 Å². The summed E-state index contributed by atoms with van der Waals surface area (Å²) in [5.41, 5.74) is 6.93. The summed E-state index contributed by atoms with van der Waals surface area (Å²) in [4.78, 5) is 1.38. The monoisotopic (exact) mass is 244 g/mol. The Morgan fingerprint density at radius 2 is 1.82 bits per heavy atom. The van der Waals surface area contributed by atoms with Crippen molar-refractivity contribution in [2.45, 2.75) is 18.1 Å². The minimum Gasteiger partial charge on any atom is -0.326 e. The Morgan fingerprint density at radius 1 is 1.18 bits per heavy atom. The Labute approximate surface area is 98.2 Å². The van der Waals surface area contributed by atoms with E-state index in [-0.39, 0.29) is 12.0 Å². The molecule has 0 aliphatic carbocycles. The summed E-state index contributed by atoms with van der Waals surface area (Å²) in [6.07, 6.45) is -4.15. The van der Waals surface area contributed by atoms with Crippen molar-refractivity contribution in [3.8, 4) is 0 Å². The van der Waals surface area contributed by atoms with E-state index >= 15 is 0 Å². The van der Waals surface area contributed by atoms with Gasteiger partial charge in [0.1, 0.15) is 0 Å². The highest BCUT2D eigenvalue weighted by atomic mass is 19.4. The molecule has 1 aliphatic rings. The molecule has 1 aromatic carbocycles. The molecule has 94 valence electrons. The molecule has 5 heteroatoms. The minimum absolute atomic E-state index is 0.00134. The standard InChI is InChI=1S/C12H15F3N2/c13-12(14,15)8-17-6-10(11(16)7-17)9-4-2-1-3-5-9/h1-5,10-11H,6-8,16H2/t10-,11+/m1/s1. The van der Waals surface area contributed by atoms with Gasteiger partial charge in [0.2, 0.25) is 0 Å². The van der Waals surface area contributed by atoms with Crippen LogP contribution in [0.3, 0.4) is 0 Å². The van der Waals surface area contributed by atoms with Crippen molar-refractivity contribution in [2.24, 2.45) is 5.73 Å². The highest BCUT2D eigenvalue weighted by Gasteiger charge is 2.37. The van der Waals surface area contributed by atoms with Gasteiger partial charge < -0.3 is 5.73 Å². The van der Waals surface area contributed by atoms with Crippen LogP contribution in [-0.2, 0) is 0 Å². The van der Waals surface area contributed by atoms with Crippen molar-refractivity contribution in [2.75, 3.05) is 19.6 Å². The van der Waals surface area contributed by atoms with Crippen molar-refractivity contribution in [1.82, 2.24) is 4.90 Å². The predicted molar refractivity (Wildman–Crippen MR) is 59.7 cm³/mol. The summed E-state index contributed by atoms with van der Waals surface area (Å²) < 4.78 is 36.8. The maximum absolute atomic E-state index is 12.3. The van der Waals surface area contributed by atoms with Crippen LogP contribution in [0.4, 0.5) is 13.2 Å². The van der Waals surface area contributed by atoms with E-state index in [1.54, 1.807) is 0 Å². The van der Waals surface area contributed by atoms with Gasteiger partial charge in [0.05, 0.1) is 6.54 Å². The van der Waals surface area contributed by atoms with Gasteiger partial charge in [0.15, 0.2) is 0 Å². The zero-order chi connectivity index (χ0) is 12.5. The van der Waals surface area contributed by atoms with E-state index in [0.29, 0.717) is 13.1 Å². The van der Waals surface area contributed by atoms with Crippen LogP contribution in [0.15, 0.2) is 30.3 Å². The molecule has 1 saturated heterocycles. The average molecular weight is 244 g/mol. The molecule has 0 spiro atoms. The topological polar surface area (TPSA) is 29.3 Å². The fourth-order valence-corrected chi connectivity index (χ4v) is 2.35. The summed E-state index contributed by atoms with van der Waals surface area (Å²) in [5.74, 6) is -0.00134. The lowest BCUT2D eigenvalue weighted by atomic mass is 9.95. The first kappa shape index (κ1) is 12.4. The molecular weight excluding hydrogens is 229 g/mol. The molecule has 0 aromatic heterocycles. The molecule has 0 radical (unpaired) electrons. The molecule has 1 aliphatic heterocycles. The van der Waals surface area contributed by atoms with E-state index in [0.717, 1.165) is 5.56 Å². The van der Waals surface area contributed by atoms with E-state index in [4.69, 9.17) is 5.73 Å². The van der Waals surface area contributed by atoms with Crippen LogP contribution in [0.5, 0.6) is 0 Å². The zero-order valence-corrected chi connectivity index (χ0v) is 9.32. The van der Waals surface area contributed by atoms with Crippen LogP contribution in [-0.4, -0.2) is 36.8 Å². The molecule has 2 atom stereocenters. The number of hydrogen-bond donors (Lipinski definition) is 1. The SMILES string of the molecule is N[C@H]1CN(CC(F)(F)F)C[C@@H]1c1ccccc1. The Hall–Kier alpha value is -1.07. The minimum atomic E-state index is -4.15. The lowest BCUT2D eigenvalue weighted by Crippen LogP contribution is -2.34. The van der Waals surface area contributed by atoms with Crippen molar-refractivity contribution < 1.29 is 13.2 Å². The molecule has 0 bridgehead atoms. The summed E-state index contributed by atoms with van der Waals surface area (Å²) >= 11 is 0. The maximum Gasteiger partial charge on any atom is 0.401 e. The Morgan fingerprint density at radius 3 is 2.41 bits per heavy atom. The number of rotatable bonds is 2. The summed E-state index contributed by atoms with van der Waals surface area (Å²) in [6.45, 7) is -0.187. The molecule has 0 saturated carbocycles. The van der Waals surface area contributed by atoms with Crippen LogP contribution in [0, 0.1) is 0 Å². The smallest absolute Gasteiger partial charge is 0.326 e. The molecule has 1 aromatic rings. The second-order valence-electron chi connectivity index (χ2n) is 4.49. The number of halogens is 3. The summed E-state index contributed by atoms with van der Waals surface area (Å²) in [5, 5.41) is 0. The lowest BCUT2D eigenvalue weighted by Gasteiger charge is -2.17. The molecule has 0 unspecified atom stereocenters. The molecule has 17 heavy (non-hydrogen) atoms. The molecule has 2 rings (SSSR count). The van der Waals surface area contributed by atoms with Crippen LogP contribution in [0.1, 0.15) is 11.5 Å². The lowest BCUT2D eigenvalue weighted by molar-refractivity contribution is -0.143. The molecule has 1 heterocycles. The first-order chi connectivity index (χ1) is 7.96. The van der Waals surface area contributed by atoms with Crippen LogP contribution in [0.25, 0.3) is 0 Å². The normalized spacial score (nSPS) is 26.4. The molecule has 0 amide bonds. The van der Waals surface area contributed by atoms with Crippen molar-refractivity contribution in [3.05, 3.63) is 35.9 Å². The van der Waals surface area contributed by atoms with E-state index in [9.17, 15) is 13.2 Å². The number of hydrogen-bond acceptors (Lipinski definition) is 2. The van der Waals surface area contributed by atoms with E-state index < -0.39 is 12.7 Å². The van der Waals surface area contributed by atoms with Crippen LogP contribution >= 0.6 is 0 Å². The Balaban J connectivity index is 2.03. The van der Waals surface area contributed by atoms with Crippen molar-refractivity contribution >= 4 is 0 Å². The van der Waals surface area contributed by atoms with Gasteiger partial charge in [0.25, 0.3) is 0 Å². The largest absolute Gasteiger partial charge is 0.401 e. The quantitative estimate of drug-likeness (QED) is 0.862. The van der Waals surface area contributed by atoms with Gasteiger partial charge in [-0.25, -0.2) is 0 Å². The summed E-state index contributed by atoms with van der Waals surface area (Å²) in [7, 11) is 0. The van der Waals surface area contributed by atoms with E-state index in [1.165, 1.54) is 4.90 Å². The van der Waals surface area contributed by atoms with Crippen LogP contribution in [0.2, 0.25) is 0 Å². The van der Waals surface area contributed by atoms with Gasteiger partial charge in [-0.3, -0.25) is 4.90 Å². The number of likely N-dealkylation sites (tertiary alicyclic amines) is 1. The van der Waals surface area contributed by atoms with Crippen LogP contribution < -0.4 is 5.73 Å². The van der Waals surface area contributed by atoms with Gasteiger partial charge in [-0.2, -0.15) is 13.2 Å². The van der Waals surface area contributed by atoms with E-state index in [2.05, 4.69) is 0 Å².